The molecule has 0 bridgehead atoms. The largest absolute Gasteiger partial charge is 0.426 e. The Morgan fingerprint density at radius 3 is 2.80 bits per heavy atom. The van der Waals surface area contributed by atoms with Gasteiger partial charge in [-0.2, -0.15) is 0 Å². The maximum absolute atomic E-state index is 11.7. The Morgan fingerprint density at radius 1 is 1.47 bits per heavy atom. The van der Waals surface area contributed by atoms with Crippen LogP contribution in [0.4, 0.5) is 0 Å². The lowest BCUT2D eigenvalue weighted by Gasteiger charge is -2.01. The van der Waals surface area contributed by atoms with E-state index in [4.69, 9.17) is 4.42 Å². The molecule has 1 heterocycles. The fourth-order valence-corrected chi connectivity index (χ4v) is 1.56. The van der Waals surface area contributed by atoms with Crippen molar-refractivity contribution in [2.75, 3.05) is 0 Å². The Balaban J connectivity index is 2.75. The highest BCUT2D eigenvalue weighted by molar-refractivity contribution is 9.10. The van der Waals surface area contributed by atoms with Gasteiger partial charge in [0.2, 0.25) is 5.91 Å². The fraction of sp³-hybridized carbons (Fsp3) is 0.200. The normalized spacial score (nSPS) is 12.9. The van der Waals surface area contributed by atoms with Gasteiger partial charge in [-0.25, -0.2) is 9.36 Å². The quantitative estimate of drug-likeness (QED) is 0.745. The van der Waals surface area contributed by atoms with Gasteiger partial charge in [0, 0.05) is 0 Å². The van der Waals surface area contributed by atoms with Crippen molar-refractivity contribution in [3.05, 3.63) is 34.8 Å². The van der Waals surface area contributed by atoms with E-state index in [0.717, 1.165) is 4.57 Å². The number of carbonyl (C=O) groups excluding carboxylic acids is 1. The van der Waals surface area contributed by atoms with E-state index in [9.17, 15) is 9.59 Å². The lowest BCUT2D eigenvalue weighted by molar-refractivity contribution is 0.0914. The number of nitrogens with zero attached hydrogens (tertiary/aromatic N) is 1. The van der Waals surface area contributed by atoms with Gasteiger partial charge in [-0.05, 0) is 19.1 Å². The van der Waals surface area contributed by atoms with E-state index in [1.807, 2.05) is 0 Å². The number of para-hydroxylation sites is 2. The molecule has 0 saturated carbocycles. The summed E-state index contributed by atoms with van der Waals surface area (Å²) in [6.45, 7) is 1.66. The van der Waals surface area contributed by atoms with E-state index < -0.39 is 10.6 Å². The third-order valence-corrected chi connectivity index (χ3v) is 2.44. The van der Waals surface area contributed by atoms with E-state index >= 15 is 0 Å². The van der Waals surface area contributed by atoms with Gasteiger partial charge < -0.3 is 4.42 Å². The Morgan fingerprint density at radius 2 is 2.13 bits per heavy atom. The molecular formula is C10H8BrNO3. The Labute approximate surface area is 93.6 Å². The van der Waals surface area contributed by atoms with E-state index in [2.05, 4.69) is 15.9 Å². The van der Waals surface area contributed by atoms with Crippen molar-refractivity contribution in [3.8, 4) is 0 Å². The van der Waals surface area contributed by atoms with Crippen molar-refractivity contribution in [2.24, 2.45) is 0 Å². The van der Waals surface area contributed by atoms with Crippen LogP contribution in [-0.4, -0.2) is 15.3 Å². The summed E-state index contributed by atoms with van der Waals surface area (Å²) in [6.07, 6.45) is 0. The molecule has 0 fully saturated rings. The minimum Gasteiger partial charge on any atom is -0.407 e. The predicted molar refractivity (Wildman–Crippen MR) is 59.5 cm³/mol. The molecule has 0 amide bonds. The zero-order chi connectivity index (χ0) is 11.0. The summed E-state index contributed by atoms with van der Waals surface area (Å²) in [7, 11) is 0. The standard InChI is InChI=1S/C10H8BrNO3/c1-6(11)9(13)12-7-4-2-3-5-8(7)15-10(12)14/h2-6H,1H3. The zero-order valence-electron chi connectivity index (χ0n) is 7.94. The molecule has 15 heavy (non-hydrogen) atoms. The molecule has 5 heteroatoms. The molecule has 0 saturated heterocycles. The third-order valence-electron chi connectivity index (χ3n) is 2.05. The third kappa shape index (κ3) is 1.63. The van der Waals surface area contributed by atoms with E-state index in [0.29, 0.717) is 11.1 Å². The lowest BCUT2D eigenvalue weighted by atomic mass is 10.3. The van der Waals surface area contributed by atoms with Gasteiger partial charge in [-0.1, -0.05) is 28.1 Å². The van der Waals surface area contributed by atoms with Gasteiger partial charge in [-0.3, -0.25) is 4.79 Å². The molecule has 0 spiro atoms. The first kappa shape index (κ1) is 10.2. The van der Waals surface area contributed by atoms with Crippen molar-refractivity contribution in [1.29, 1.82) is 0 Å². The molecule has 0 aliphatic rings. The molecule has 78 valence electrons. The smallest absolute Gasteiger partial charge is 0.407 e. The number of benzene rings is 1. The second-order valence-electron chi connectivity index (χ2n) is 3.13. The summed E-state index contributed by atoms with van der Waals surface area (Å²) in [5.74, 6) is -0.975. The summed E-state index contributed by atoms with van der Waals surface area (Å²) in [6, 6.07) is 6.82. The lowest BCUT2D eigenvalue weighted by Crippen LogP contribution is -2.27. The van der Waals surface area contributed by atoms with Crippen molar-refractivity contribution < 1.29 is 9.21 Å². The van der Waals surface area contributed by atoms with Crippen LogP contribution < -0.4 is 5.76 Å². The van der Waals surface area contributed by atoms with Gasteiger partial charge in [0.05, 0.1) is 10.3 Å². The molecule has 0 N–H and O–H groups in total. The number of oxazole rings is 1. The van der Waals surface area contributed by atoms with Crippen molar-refractivity contribution in [3.63, 3.8) is 0 Å². The van der Waals surface area contributed by atoms with Crippen LogP contribution in [0.15, 0.2) is 33.5 Å². The average molecular weight is 270 g/mol. The maximum Gasteiger partial charge on any atom is 0.426 e. The van der Waals surface area contributed by atoms with Crippen molar-refractivity contribution in [1.82, 2.24) is 4.57 Å². The summed E-state index contributed by atoms with van der Waals surface area (Å²) in [4.78, 5) is 22.7. The molecular weight excluding hydrogens is 262 g/mol. The zero-order valence-corrected chi connectivity index (χ0v) is 9.52. The van der Waals surface area contributed by atoms with Crippen molar-refractivity contribution in [2.45, 2.75) is 11.8 Å². The molecule has 1 atom stereocenters. The highest BCUT2D eigenvalue weighted by Gasteiger charge is 2.18. The Bertz CT molecular complexity index is 567. The van der Waals surface area contributed by atoms with Crippen LogP contribution in [0.1, 0.15) is 11.7 Å². The Kier molecular flexibility index (Phi) is 2.48. The topological polar surface area (TPSA) is 52.2 Å². The first-order valence-corrected chi connectivity index (χ1v) is 5.31. The molecule has 2 rings (SSSR count). The highest BCUT2D eigenvalue weighted by Crippen LogP contribution is 2.13. The molecule has 4 nitrogen and oxygen atoms in total. The predicted octanol–water partition coefficient (Wildman–Crippen LogP) is 2.02. The first-order valence-electron chi connectivity index (χ1n) is 4.40. The molecule has 0 radical (unpaired) electrons. The van der Waals surface area contributed by atoms with Crippen LogP contribution in [-0.2, 0) is 0 Å². The van der Waals surface area contributed by atoms with Gasteiger partial charge in [0.1, 0.15) is 0 Å². The summed E-state index contributed by atoms with van der Waals surface area (Å²) >= 11 is 3.13. The molecule has 1 aromatic carbocycles. The second kappa shape index (κ2) is 3.66. The SMILES string of the molecule is CC(Br)C(=O)n1c(=O)oc2ccccc21. The van der Waals surface area contributed by atoms with Crippen LogP contribution in [0.25, 0.3) is 11.1 Å². The number of hydrogen-bond donors (Lipinski definition) is 0. The summed E-state index contributed by atoms with van der Waals surface area (Å²) in [5, 5.41) is 0. The number of rotatable bonds is 1. The van der Waals surface area contributed by atoms with Crippen LogP contribution in [0, 0.1) is 0 Å². The second-order valence-corrected chi connectivity index (χ2v) is 4.50. The van der Waals surface area contributed by atoms with Gasteiger partial charge >= 0.3 is 5.76 Å². The minimum absolute atomic E-state index is 0.329. The fourth-order valence-electron chi connectivity index (χ4n) is 1.35. The van der Waals surface area contributed by atoms with Crippen molar-refractivity contribution >= 4 is 32.9 Å². The Hall–Kier alpha value is -1.36. The number of alkyl halides is 1. The highest BCUT2D eigenvalue weighted by atomic mass is 79.9. The van der Waals surface area contributed by atoms with E-state index in [1.165, 1.54) is 0 Å². The van der Waals surface area contributed by atoms with Crippen LogP contribution in [0.3, 0.4) is 0 Å². The molecule has 2 aromatic rings. The van der Waals surface area contributed by atoms with E-state index in [1.54, 1.807) is 31.2 Å². The number of halogens is 1. The van der Waals surface area contributed by atoms with E-state index in [-0.39, 0.29) is 5.91 Å². The monoisotopic (exact) mass is 269 g/mol. The van der Waals surface area contributed by atoms with Gasteiger partial charge in [-0.15, -0.1) is 0 Å². The first-order chi connectivity index (χ1) is 7.11. The van der Waals surface area contributed by atoms with Crippen LogP contribution in [0.2, 0.25) is 0 Å². The summed E-state index contributed by atoms with van der Waals surface area (Å²) < 4.78 is 5.97. The van der Waals surface area contributed by atoms with Gasteiger partial charge in [0.25, 0.3) is 0 Å². The number of fused-ring (bicyclic) bond motifs is 1. The molecule has 0 aliphatic heterocycles. The summed E-state index contributed by atoms with van der Waals surface area (Å²) in [5.41, 5.74) is 0.919. The molecule has 1 aromatic heterocycles. The number of aromatic nitrogens is 1. The number of hydrogen-bond acceptors (Lipinski definition) is 3. The number of carbonyl (C=O) groups is 1. The molecule has 0 aliphatic carbocycles. The minimum atomic E-state index is -0.646. The maximum atomic E-state index is 11.7. The molecule has 1 unspecified atom stereocenters. The average Bonchev–Trinajstić information content (AvgIpc) is 2.52. The van der Waals surface area contributed by atoms with Crippen LogP contribution in [0.5, 0.6) is 0 Å². The van der Waals surface area contributed by atoms with Crippen LogP contribution >= 0.6 is 15.9 Å². The van der Waals surface area contributed by atoms with Gasteiger partial charge in [0.15, 0.2) is 5.58 Å².